The molecule has 1 unspecified atom stereocenters. The summed E-state index contributed by atoms with van der Waals surface area (Å²) >= 11 is 0. The van der Waals surface area contributed by atoms with Gasteiger partial charge in [0.1, 0.15) is 11.5 Å². The molecule has 3 rings (SSSR count). The van der Waals surface area contributed by atoms with E-state index in [1.807, 2.05) is 4.90 Å². The fourth-order valence-electron chi connectivity index (χ4n) is 2.72. The van der Waals surface area contributed by atoms with E-state index in [-0.39, 0.29) is 17.8 Å². The number of halogens is 1. The van der Waals surface area contributed by atoms with Crippen LogP contribution < -0.4 is 0 Å². The zero-order valence-electron chi connectivity index (χ0n) is 11.3. The molecule has 1 amide bonds. The topological polar surface area (TPSA) is 38.1 Å². The predicted molar refractivity (Wildman–Crippen MR) is 72.6 cm³/mol. The Morgan fingerprint density at radius 1 is 1.30 bits per heavy atom. The van der Waals surface area contributed by atoms with E-state index in [0.717, 1.165) is 24.9 Å². The van der Waals surface area contributed by atoms with Crippen molar-refractivity contribution in [2.45, 2.75) is 18.9 Å². The van der Waals surface area contributed by atoms with E-state index >= 15 is 0 Å². The van der Waals surface area contributed by atoms with E-state index < -0.39 is 0 Å². The Kier molecular flexibility index (Phi) is 3.26. The summed E-state index contributed by atoms with van der Waals surface area (Å²) in [5.74, 6) is -0.313. The van der Waals surface area contributed by atoms with Crippen molar-refractivity contribution in [3.05, 3.63) is 53.6 Å². The third-order valence-electron chi connectivity index (χ3n) is 3.70. The Morgan fingerprint density at radius 2 is 2.05 bits per heavy atom. The van der Waals surface area contributed by atoms with Crippen molar-refractivity contribution >= 4 is 5.91 Å². The van der Waals surface area contributed by atoms with Crippen molar-refractivity contribution in [3.8, 4) is 0 Å². The van der Waals surface area contributed by atoms with E-state index in [4.69, 9.17) is 0 Å². The summed E-state index contributed by atoms with van der Waals surface area (Å²) in [7, 11) is 1.79. The van der Waals surface area contributed by atoms with Crippen LogP contribution in [-0.4, -0.2) is 27.1 Å². The summed E-state index contributed by atoms with van der Waals surface area (Å²) in [5, 5.41) is 4.16. The monoisotopic (exact) mass is 273 g/mol. The SMILES string of the molecule is Cn1ccc(C(=O)N2CCCC2c2ccc(F)cc2)n1. The van der Waals surface area contributed by atoms with Crippen molar-refractivity contribution in [1.29, 1.82) is 0 Å². The van der Waals surface area contributed by atoms with Crippen LogP contribution in [0.2, 0.25) is 0 Å². The molecule has 2 aromatic rings. The van der Waals surface area contributed by atoms with Crippen molar-refractivity contribution < 1.29 is 9.18 Å². The average molecular weight is 273 g/mol. The van der Waals surface area contributed by atoms with Crippen molar-refractivity contribution in [2.24, 2.45) is 7.05 Å². The van der Waals surface area contributed by atoms with Crippen molar-refractivity contribution in [1.82, 2.24) is 14.7 Å². The molecule has 104 valence electrons. The second-order valence-corrected chi connectivity index (χ2v) is 5.08. The second-order valence-electron chi connectivity index (χ2n) is 5.08. The molecule has 1 atom stereocenters. The van der Waals surface area contributed by atoms with Gasteiger partial charge in [0.25, 0.3) is 5.91 Å². The summed E-state index contributed by atoms with van der Waals surface area (Å²) in [6.07, 6.45) is 3.63. The lowest BCUT2D eigenvalue weighted by Crippen LogP contribution is -2.31. The smallest absolute Gasteiger partial charge is 0.274 e. The lowest BCUT2D eigenvalue weighted by Gasteiger charge is -2.24. The molecule has 5 heteroatoms. The minimum absolute atomic E-state index is 0.0186. The van der Waals surface area contributed by atoms with Crippen LogP contribution >= 0.6 is 0 Å². The first-order valence-electron chi connectivity index (χ1n) is 6.71. The molecule has 2 heterocycles. The average Bonchev–Trinajstić information content (AvgIpc) is 3.07. The Balaban J connectivity index is 1.85. The molecule has 0 N–H and O–H groups in total. The molecule has 0 spiro atoms. The Hall–Kier alpha value is -2.17. The van der Waals surface area contributed by atoms with Crippen LogP contribution in [0.3, 0.4) is 0 Å². The van der Waals surface area contributed by atoms with Gasteiger partial charge in [0.05, 0.1) is 6.04 Å². The molecule has 0 bridgehead atoms. The highest BCUT2D eigenvalue weighted by atomic mass is 19.1. The highest BCUT2D eigenvalue weighted by Gasteiger charge is 2.31. The molecule has 1 fully saturated rings. The van der Waals surface area contributed by atoms with E-state index in [1.165, 1.54) is 12.1 Å². The fourth-order valence-corrected chi connectivity index (χ4v) is 2.72. The van der Waals surface area contributed by atoms with Gasteiger partial charge in [-0.15, -0.1) is 0 Å². The highest BCUT2D eigenvalue weighted by Crippen LogP contribution is 2.32. The zero-order chi connectivity index (χ0) is 14.1. The number of hydrogen-bond acceptors (Lipinski definition) is 2. The predicted octanol–water partition coefficient (Wildman–Crippen LogP) is 2.54. The summed E-state index contributed by atoms with van der Waals surface area (Å²) in [5.41, 5.74) is 1.44. The number of amides is 1. The summed E-state index contributed by atoms with van der Waals surface area (Å²) in [6.45, 7) is 0.720. The van der Waals surface area contributed by atoms with Crippen LogP contribution in [0.15, 0.2) is 36.5 Å². The number of rotatable bonds is 2. The Labute approximate surface area is 116 Å². The molecule has 1 aliphatic rings. The van der Waals surface area contributed by atoms with Crippen LogP contribution in [-0.2, 0) is 7.05 Å². The quantitative estimate of drug-likeness (QED) is 0.843. The minimum Gasteiger partial charge on any atom is -0.330 e. The maximum Gasteiger partial charge on any atom is 0.274 e. The van der Waals surface area contributed by atoms with Crippen LogP contribution in [0.25, 0.3) is 0 Å². The number of aromatic nitrogens is 2. The Morgan fingerprint density at radius 3 is 2.70 bits per heavy atom. The number of hydrogen-bond donors (Lipinski definition) is 0. The number of nitrogens with zero attached hydrogens (tertiary/aromatic N) is 3. The highest BCUT2D eigenvalue weighted by molar-refractivity contribution is 5.92. The number of likely N-dealkylation sites (tertiary alicyclic amines) is 1. The maximum absolute atomic E-state index is 13.0. The molecule has 1 saturated heterocycles. The third kappa shape index (κ3) is 2.31. The molecule has 4 nitrogen and oxygen atoms in total. The van der Waals surface area contributed by atoms with Gasteiger partial charge >= 0.3 is 0 Å². The first kappa shape index (κ1) is 12.8. The van der Waals surface area contributed by atoms with Crippen LogP contribution in [0.4, 0.5) is 4.39 Å². The summed E-state index contributed by atoms with van der Waals surface area (Å²) < 4.78 is 14.6. The lowest BCUT2D eigenvalue weighted by atomic mass is 10.0. The molecule has 0 aliphatic carbocycles. The first-order chi connectivity index (χ1) is 9.65. The van der Waals surface area contributed by atoms with Crippen molar-refractivity contribution in [2.75, 3.05) is 6.54 Å². The molecule has 20 heavy (non-hydrogen) atoms. The van der Waals surface area contributed by atoms with Gasteiger partial charge in [0.15, 0.2) is 0 Å². The standard InChI is InChI=1S/C15H16FN3O/c1-18-10-8-13(17-18)15(20)19-9-2-3-14(19)11-4-6-12(16)7-5-11/h4-8,10,14H,2-3,9H2,1H3. The van der Waals surface area contributed by atoms with Gasteiger partial charge in [-0.3, -0.25) is 9.48 Å². The number of carbonyl (C=O) groups is 1. The molecule has 0 radical (unpaired) electrons. The zero-order valence-corrected chi connectivity index (χ0v) is 11.3. The Bertz CT molecular complexity index is 620. The van der Waals surface area contributed by atoms with Gasteiger partial charge in [0.2, 0.25) is 0 Å². The molecule has 1 aromatic heterocycles. The van der Waals surface area contributed by atoms with Gasteiger partial charge in [-0.25, -0.2) is 4.39 Å². The molecule has 1 aromatic carbocycles. The van der Waals surface area contributed by atoms with Crippen molar-refractivity contribution in [3.63, 3.8) is 0 Å². The van der Waals surface area contributed by atoms with Crippen LogP contribution in [0, 0.1) is 5.82 Å². The summed E-state index contributed by atoms with van der Waals surface area (Å²) in [4.78, 5) is 14.3. The van der Waals surface area contributed by atoms with Gasteiger partial charge in [-0.05, 0) is 36.6 Å². The fraction of sp³-hybridized carbons (Fsp3) is 0.333. The third-order valence-corrected chi connectivity index (χ3v) is 3.70. The number of benzene rings is 1. The largest absolute Gasteiger partial charge is 0.330 e. The van der Waals surface area contributed by atoms with Gasteiger partial charge in [-0.1, -0.05) is 12.1 Å². The second kappa shape index (κ2) is 5.07. The minimum atomic E-state index is -0.255. The number of aryl methyl sites for hydroxylation is 1. The molecular formula is C15H16FN3O. The van der Waals surface area contributed by atoms with E-state index in [9.17, 15) is 9.18 Å². The molecule has 1 aliphatic heterocycles. The molecule has 0 saturated carbocycles. The lowest BCUT2D eigenvalue weighted by molar-refractivity contribution is 0.0729. The van der Waals surface area contributed by atoms with Gasteiger partial charge in [0, 0.05) is 19.8 Å². The normalized spacial score (nSPS) is 18.5. The first-order valence-corrected chi connectivity index (χ1v) is 6.71. The van der Waals surface area contributed by atoms with Crippen LogP contribution in [0.5, 0.6) is 0 Å². The maximum atomic E-state index is 13.0. The van der Waals surface area contributed by atoms with Crippen LogP contribution in [0.1, 0.15) is 34.9 Å². The van der Waals surface area contributed by atoms with E-state index in [0.29, 0.717) is 5.69 Å². The van der Waals surface area contributed by atoms with E-state index in [1.54, 1.807) is 36.1 Å². The van der Waals surface area contributed by atoms with E-state index in [2.05, 4.69) is 5.10 Å². The summed E-state index contributed by atoms with van der Waals surface area (Å²) in [6, 6.07) is 8.13. The number of carbonyl (C=O) groups excluding carboxylic acids is 1. The molecular weight excluding hydrogens is 257 g/mol. The van der Waals surface area contributed by atoms with Gasteiger partial charge < -0.3 is 4.90 Å². The van der Waals surface area contributed by atoms with Gasteiger partial charge in [-0.2, -0.15) is 5.10 Å².